The molecule has 5 amide bonds. The van der Waals surface area contributed by atoms with Crippen LogP contribution in [-0.4, -0.2) is 82.8 Å². The van der Waals surface area contributed by atoms with E-state index in [0.717, 1.165) is 25.7 Å². The number of amides is 5. The molecule has 0 spiro atoms. The topological polar surface area (TPSA) is 174 Å². The molecule has 1 saturated carbocycles. The van der Waals surface area contributed by atoms with Crippen LogP contribution >= 0.6 is 0 Å². The summed E-state index contributed by atoms with van der Waals surface area (Å²) in [7, 11) is 0. The minimum absolute atomic E-state index is 0.00274. The average molecular weight is 648 g/mol. The predicted octanol–water partition coefficient (Wildman–Crippen LogP) is 3.54. The summed E-state index contributed by atoms with van der Waals surface area (Å²) in [6.07, 6.45) is 8.23. The molecule has 0 radical (unpaired) electrons. The molecule has 0 aromatic carbocycles. The smallest absolute Gasteiger partial charge is 0.326 e. The van der Waals surface area contributed by atoms with Crippen molar-refractivity contribution < 1.29 is 33.9 Å². The number of aliphatic carboxylic acids is 1. The second-order valence-corrected chi connectivity index (χ2v) is 13.9. The number of ketones is 1. The molecule has 1 unspecified atom stereocenters. The molecule has 12 heteroatoms. The number of Topliss-reactive ketones (excluding diaryl/α,β-unsaturated/α-hetero) is 1. The number of unbranched alkanes of at least 4 members (excludes halogenated alkanes) is 1. The van der Waals surface area contributed by atoms with Gasteiger partial charge in [-0.3, -0.25) is 19.2 Å². The van der Waals surface area contributed by atoms with Crippen molar-refractivity contribution in [2.45, 2.75) is 130 Å². The van der Waals surface area contributed by atoms with E-state index in [9.17, 15) is 33.9 Å². The number of likely N-dealkylation sites (tertiary alicyclic amines) is 1. The van der Waals surface area contributed by atoms with Gasteiger partial charge < -0.3 is 31.3 Å². The zero-order valence-corrected chi connectivity index (χ0v) is 28.7. The summed E-state index contributed by atoms with van der Waals surface area (Å²) >= 11 is 0. The van der Waals surface area contributed by atoms with Gasteiger partial charge in [-0.15, -0.1) is 6.58 Å². The fourth-order valence-corrected chi connectivity index (χ4v) is 6.34. The molecule has 5 atom stereocenters. The Balaban J connectivity index is 2.37. The largest absolute Gasteiger partial charge is 0.480 e. The summed E-state index contributed by atoms with van der Waals surface area (Å²) in [5.74, 6) is -3.64. The van der Waals surface area contributed by atoms with Gasteiger partial charge >= 0.3 is 12.0 Å². The Kier molecular flexibility index (Phi) is 15.2. The molecule has 2 rings (SSSR count). The van der Waals surface area contributed by atoms with Gasteiger partial charge in [-0.25, -0.2) is 9.59 Å². The fourth-order valence-electron chi connectivity index (χ4n) is 6.34. The Morgan fingerprint density at radius 3 is 2.17 bits per heavy atom. The van der Waals surface area contributed by atoms with E-state index < -0.39 is 65.1 Å². The SMILES string of the molecule is C=CCNC(=O)C(=O)C(CCCC)NC(=O)[C@@H]1C[C@@H](C(C)C)CN1C(=O)[C@@H](NC(=O)N[C@H](C(=O)O)C(C)(C)CC)C1CCCCC1. The van der Waals surface area contributed by atoms with E-state index in [0.29, 0.717) is 38.6 Å². The van der Waals surface area contributed by atoms with E-state index in [4.69, 9.17) is 0 Å². The zero-order chi connectivity index (χ0) is 34.6. The summed E-state index contributed by atoms with van der Waals surface area (Å²) in [4.78, 5) is 80.7. The number of carbonyl (C=O) groups is 6. The molecule has 1 saturated heterocycles. The summed E-state index contributed by atoms with van der Waals surface area (Å²) in [6.45, 7) is 15.3. The first-order valence-corrected chi connectivity index (χ1v) is 17.0. The highest BCUT2D eigenvalue weighted by molar-refractivity contribution is 6.38. The van der Waals surface area contributed by atoms with Gasteiger partial charge in [0.1, 0.15) is 18.1 Å². The third-order valence-corrected chi connectivity index (χ3v) is 9.86. The normalized spacial score (nSPS) is 20.7. The first-order valence-electron chi connectivity index (χ1n) is 17.0. The van der Waals surface area contributed by atoms with E-state index >= 15 is 0 Å². The molecule has 1 aliphatic heterocycles. The van der Waals surface area contributed by atoms with Gasteiger partial charge in [0, 0.05) is 13.1 Å². The molecule has 0 aromatic rings. The number of nitrogens with zero attached hydrogens (tertiary/aromatic N) is 1. The maximum Gasteiger partial charge on any atom is 0.326 e. The highest BCUT2D eigenvalue weighted by Gasteiger charge is 2.46. The summed E-state index contributed by atoms with van der Waals surface area (Å²) in [6, 6.07) is -4.80. The lowest BCUT2D eigenvalue weighted by atomic mass is 9.81. The van der Waals surface area contributed by atoms with E-state index in [-0.39, 0.29) is 30.7 Å². The zero-order valence-electron chi connectivity index (χ0n) is 28.7. The van der Waals surface area contributed by atoms with Crippen molar-refractivity contribution in [3.63, 3.8) is 0 Å². The lowest BCUT2D eigenvalue weighted by Gasteiger charge is -2.36. The minimum atomic E-state index is -1.17. The van der Waals surface area contributed by atoms with Crippen LogP contribution in [0.15, 0.2) is 12.7 Å². The van der Waals surface area contributed by atoms with Crippen LogP contribution in [0.4, 0.5) is 4.79 Å². The first-order chi connectivity index (χ1) is 21.7. The van der Waals surface area contributed by atoms with Crippen LogP contribution in [0.1, 0.15) is 106 Å². The number of carbonyl (C=O) groups excluding carboxylic acids is 5. The molecule has 0 bridgehead atoms. The lowest BCUT2D eigenvalue weighted by molar-refractivity contribution is -0.143. The van der Waals surface area contributed by atoms with Gasteiger partial charge in [0.25, 0.3) is 5.91 Å². The van der Waals surface area contributed by atoms with Gasteiger partial charge in [-0.2, -0.15) is 0 Å². The number of carboxylic acids is 1. The van der Waals surface area contributed by atoms with Crippen LogP contribution < -0.4 is 21.3 Å². The van der Waals surface area contributed by atoms with Crippen molar-refractivity contribution in [1.82, 2.24) is 26.2 Å². The van der Waals surface area contributed by atoms with E-state index in [1.54, 1.807) is 13.8 Å². The highest BCUT2D eigenvalue weighted by atomic mass is 16.4. The van der Waals surface area contributed by atoms with Crippen molar-refractivity contribution in [3.05, 3.63) is 12.7 Å². The van der Waals surface area contributed by atoms with E-state index in [2.05, 4.69) is 27.8 Å². The molecular formula is C34H57N5O7. The molecule has 1 aliphatic carbocycles. The molecule has 46 heavy (non-hydrogen) atoms. The molecular weight excluding hydrogens is 590 g/mol. The van der Waals surface area contributed by atoms with Crippen LogP contribution in [0, 0.1) is 23.2 Å². The molecule has 12 nitrogen and oxygen atoms in total. The first kappa shape index (κ1) is 38.7. The third kappa shape index (κ3) is 10.6. The van der Waals surface area contributed by atoms with E-state index in [1.807, 2.05) is 27.7 Å². The van der Waals surface area contributed by atoms with Gasteiger partial charge in [0.05, 0.1) is 6.04 Å². The third-order valence-electron chi connectivity index (χ3n) is 9.86. The van der Waals surface area contributed by atoms with E-state index in [1.165, 1.54) is 11.0 Å². The molecule has 0 aromatic heterocycles. The highest BCUT2D eigenvalue weighted by Crippen LogP contribution is 2.33. The van der Waals surface area contributed by atoms with Crippen LogP contribution in [0.3, 0.4) is 0 Å². The molecule has 5 N–H and O–H groups in total. The second kappa shape index (κ2) is 18.0. The Labute approximate surface area is 274 Å². The monoisotopic (exact) mass is 647 g/mol. The van der Waals surface area contributed by atoms with Crippen LogP contribution in [-0.2, 0) is 24.0 Å². The minimum Gasteiger partial charge on any atom is -0.480 e. The molecule has 260 valence electrons. The lowest BCUT2D eigenvalue weighted by Crippen LogP contribution is -2.60. The van der Waals surface area contributed by atoms with Crippen molar-refractivity contribution in [2.75, 3.05) is 13.1 Å². The Bertz CT molecular complexity index is 1100. The quantitative estimate of drug-likeness (QED) is 0.119. The summed E-state index contributed by atoms with van der Waals surface area (Å²) < 4.78 is 0. The maximum atomic E-state index is 14.4. The molecule has 2 fully saturated rings. The number of rotatable bonds is 17. The van der Waals surface area contributed by atoms with Crippen molar-refractivity contribution >= 4 is 35.5 Å². The van der Waals surface area contributed by atoms with Crippen molar-refractivity contribution in [1.29, 1.82) is 0 Å². The molecule has 1 heterocycles. The average Bonchev–Trinajstić information content (AvgIpc) is 3.49. The van der Waals surface area contributed by atoms with Gasteiger partial charge in [0.15, 0.2) is 0 Å². The number of carboxylic acid groups (broad SMARTS) is 1. The second-order valence-electron chi connectivity index (χ2n) is 13.9. The van der Waals surface area contributed by atoms with Crippen molar-refractivity contribution in [3.8, 4) is 0 Å². The van der Waals surface area contributed by atoms with Gasteiger partial charge in [0.2, 0.25) is 17.6 Å². The van der Waals surface area contributed by atoms with Crippen LogP contribution in [0.5, 0.6) is 0 Å². The maximum absolute atomic E-state index is 14.4. The number of hydrogen-bond acceptors (Lipinski definition) is 6. The van der Waals surface area contributed by atoms with Gasteiger partial charge in [-0.05, 0) is 55.3 Å². The number of nitrogens with one attached hydrogen (secondary N) is 4. The summed E-state index contributed by atoms with van der Waals surface area (Å²) in [5, 5.41) is 20.5. The fraction of sp³-hybridized carbons (Fsp3) is 0.765. The Hall–Kier alpha value is -3.44. The van der Waals surface area contributed by atoms with Crippen LogP contribution in [0.2, 0.25) is 0 Å². The predicted molar refractivity (Wildman–Crippen MR) is 176 cm³/mol. The van der Waals surface area contributed by atoms with Crippen molar-refractivity contribution in [2.24, 2.45) is 23.2 Å². The van der Waals surface area contributed by atoms with Crippen LogP contribution in [0.25, 0.3) is 0 Å². The Morgan fingerprint density at radius 1 is 0.978 bits per heavy atom. The summed E-state index contributed by atoms with van der Waals surface area (Å²) in [5.41, 5.74) is -0.732. The Morgan fingerprint density at radius 2 is 1.63 bits per heavy atom. The standard InChI is InChI=1S/C34H57N5O7/c1-8-11-17-24(27(40)30(42)35-18-9-2)36-29(41)25-19-23(21(4)5)20-39(25)31(43)26(22-15-13-12-14-16-22)37-33(46)38-28(32(44)45)34(6,7)10-3/h9,21-26,28H,2,8,10-20H2,1,3-7H3,(H,35,42)(H,36,41)(H,44,45)(H2,37,38,46)/t23-,24?,25+,26+,28-/m1/s1. The van der Waals surface area contributed by atoms with Gasteiger partial charge in [-0.1, -0.05) is 79.7 Å². The number of urea groups is 1. The number of hydrogen-bond donors (Lipinski definition) is 5. The molecule has 2 aliphatic rings.